The summed E-state index contributed by atoms with van der Waals surface area (Å²) < 4.78 is 19.4. The fraction of sp³-hybridized carbons (Fsp3) is 0.389. The van der Waals surface area contributed by atoms with E-state index in [4.69, 9.17) is 4.74 Å². The fourth-order valence-corrected chi connectivity index (χ4v) is 3.07. The van der Waals surface area contributed by atoms with Crippen LogP contribution in [0.25, 0.3) is 11.1 Å². The summed E-state index contributed by atoms with van der Waals surface area (Å²) in [5.41, 5.74) is 2.68. The smallest absolute Gasteiger partial charge is 0.250 e. The van der Waals surface area contributed by atoms with Gasteiger partial charge in [-0.05, 0) is 49.4 Å². The quantitative estimate of drug-likeness (QED) is 0.846. The summed E-state index contributed by atoms with van der Waals surface area (Å²) in [6, 6.07) is 7.26. The van der Waals surface area contributed by atoms with Crippen molar-refractivity contribution in [1.29, 1.82) is 0 Å². The Morgan fingerprint density at radius 3 is 2.65 bits per heavy atom. The first kappa shape index (κ1) is 16.0. The Balaban J connectivity index is 2.09. The molecule has 0 radical (unpaired) electrons. The summed E-state index contributed by atoms with van der Waals surface area (Å²) in [6.45, 7) is 2.63. The summed E-state index contributed by atoms with van der Waals surface area (Å²) in [7, 11) is 0.672. The first-order chi connectivity index (χ1) is 11.0. The van der Waals surface area contributed by atoms with Gasteiger partial charge in [0, 0.05) is 52.4 Å². The zero-order chi connectivity index (χ0) is 16.6. The molecule has 1 aliphatic carbocycles. The topological polar surface area (TPSA) is 48.3 Å². The maximum atomic E-state index is 11.8. The number of hydrogen-bond donors (Lipinski definition) is 0. The molecule has 2 aromatic rings. The van der Waals surface area contributed by atoms with E-state index in [1.807, 2.05) is 31.3 Å². The van der Waals surface area contributed by atoms with Crippen LogP contribution in [0.3, 0.4) is 0 Å². The van der Waals surface area contributed by atoms with Crippen LogP contribution < -0.4 is 10.3 Å². The van der Waals surface area contributed by atoms with E-state index >= 15 is 0 Å². The largest absolute Gasteiger partial charge is 0.493 e. The highest BCUT2D eigenvalue weighted by molar-refractivity contribution is 7.84. The van der Waals surface area contributed by atoms with Gasteiger partial charge in [0.1, 0.15) is 5.75 Å². The van der Waals surface area contributed by atoms with Crippen molar-refractivity contribution in [3.05, 3.63) is 46.4 Å². The molecule has 0 aliphatic heterocycles. The maximum absolute atomic E-state index is 11.8. The first-order valence-electron chi connectivity index (χ1n) is 7.73. The molecule has 0 saturated heterocycles. The standard InChI is InChI=1S/C18H21NO3S/c1-12-8-18(20)19(2)10-16(12)15-9-14(23(3)21)6-7-17(15)22-11-13-4-5-13/h6-10,13H,4-5,11H2,1-3H3. The summed E-state index contributed by atoms with van der Waals surface area (Å²) in [5, 5.41) is 0. The predicted octanol–water partition coefficient (Wildman–Crippen LogP) is 2.89. The van der Waals surface area contributed by atoms with Crippen molar-refractivity contribution in [3.8, 4) is 16.9 Å². The van der Waals surface area contributed by atoms with Crippen molar-refractivity contribution < 1.29 is 8.95 Å². The zero-order valence-electron chi connectivity index (χ0n) is 13.7. The number of aromatic nitrogens is 1. The molecule has 1 heterocycles. The molecule has 23 heavy (non-hydrogen) atoms. The van der Waals surface area contributed by atoms with Gasteiger partial charge in [-0.15, -0.1) is 0 Å². The average Bonchev–Trinajstić information content (AvgIpc) is 3.33. The number of benzene rings is 1. The minimum absolute atomic E-state index is 0.0399. The van der Waals surface area contributed by atoms with Gasteiger partial charge in [-0.25, -0.2) is 0 Å². The molecule has 0 amide bonds. The van der Waals surface area contributed by atoms with Crippen molar-refractivity contribution in [3.63, 3.8) is 0 Å². The molecule has 1 atom stereocenters. The lowest BCUT2D eigenvalue weighted by Crippen LogP contribution is -2.15. The Bertz CT molecular complexity index is 822. The third kappa shape index (κ3) is 3.55. The lowest BCUT2D eigenvalue weighted by atomic mass is 10.0. The van der Waals surface area contributed by atoms with Gasteiger partial charge in [-0.3, -0.25) is 9.00 Å². The first-order valence-corrected chi connectivity index (χ1v) is 9.29. The third-order valence-electron chi connectivity index (χ3n) is 4.18. The molecular weight excluding hydrogens is 310 g/mol. The van der Waals surface area contributed by atoms with E-state index in [0.29, 0.717) is 12.5 Å². The van der Waals surface area contributed by atoms with Crippen molar-refractivity contribution in [2.75, 3.05) is 12.9 Å². The Kier molecular flexibility index (Phi) is 4.39. The molecule has 1 aliphatic rings. The van der Waals surface area contributed by atoms with Crippen LogP contribution in [0.15, 0.2) is 40.2 Å². The summed E-state index contributed by atoms with van der Waals surface area (Å²) >= 11 is 0. The van der Waals surface area contributed by atoms with Crippen LogP contribution in [0.2, 0.25) is 0 Å². The van der Waals surface area contributed by atoms with Crippen molar-refractivity contribution in [1.82, 2.24) is 4.57 Å². The van der Waals surface area contributed by atoms with Crippen molar-refractivity contribution >= 4 is 10.8 Å². The molecule has 1 fully saturated rings. The lowest BCUT2D eigenvalue weighted by Gasteiger charge is -2.15. The normalized spacial score (nSPS) is 15.4. The molecule has 0 bridgehead atoms. The molecule has 1 unspecified atom stereocenters. The van der Waals surface area contributed by atoms with Gasteiger partial charge < -0.3 is 9.30 Å². The Hall–Kier alpha value is -1.88. The van der Waals surface area contributed by atoms with Crippen LogP contribution in [-0.2, 0) is 17.8 Å². The van der Waals surface area contributed by atoms with Crippen molar-refractivity contribution in [2.45, 2.75) is 24.7 Å². The molecule has 5 heteroatoms. The molecule has 0 N–H and O–H groups in total. The summed E-state index contributed by atoms with van der Waals surface area (Å²) in [5.74, 6) is 1.44. The average molecular weight is 331 g/mol. The molecule has 4 nitrogen and oxygen atoms in total. The van der Waals surface area contributed by atoms with Crippen LogP contribution in [0.5, 0.6) is 5.75 Å². The SMILES string of the molecule is Cc1cc(=O)n(C)cc1-c1cc(S(C)=O)ccc1OCC1CC1. The predicted molar refractivity (Wildman–Crippen MR) is 92.4 cm³/mol. The minimum atomic E-state index is -1.06. The number of rotatable bonds is 5. The molecule has 0 spiro atoms. The molecule has 122 valence electrons. The second kappa shape index (κ2) is 6.32. The summed E-state index contributed by atoms with van der Waals surface area (Å²) in [6.07, 6.45) is 5.94. The molecule has 1 aromatic heterocycles. The van der Waals surface area contributed by atoms with Crippen molar-refractivity contribution in [2.24, 2.45) is 13.0 Å². The van der Waals surface area contributed by atoms with Gasteiger partial charge in [-0.2, -0.15) is 0 Å². The van der Waals surface area contributed by atoms with Crippen LogP contribution in [0, 0.1) is 12.8 Å². The second-order valence-electron chi connectivity index (χ2n) is 6.19. The molecule has 3 rings (SSSR count). The van der Waals surface area contributed by atoms with Gasteiger partial charge in [0.2, 0.25) is 0 Å². The van der Waals surface area contributed by atoms with E-state index in [0.717, 1.165) is 27.3 Å². The van der Waals surface area contributed by atoms with Crippen LogP contribution in [0.1, 0.15) is 18.4 Å². The Morgan fingerprint density at radius 1 is 1.26 bits per heavy atom. The van der Waals surface area contributed by atoms with Gasteiger partial charge >= 0.3 is 0 Å². The van der Waals surface area contributed by atoms with E-state index in [1.54, 1.807) is 23.9 Å². The molecule has 1 aromatic carbocycles. The van der Waals surface area contributed by atoms with E-state index < -0.39 is 10.8 Å². The second-order valence-corrected chi connectivity index (χ2v) is 7.57. The summed E-state index contributed by atoms with van der Waals surface area (Å²) in [4.78, 5) is 12.5. The van der Waals surface area contributed by atoms with E-state index in [2.05, 4.69) is 0 Å². The number of ether oxygens (including phenoxy) is 1. The van der Waals surface area contributed by atoms with Crippen LogP contribution >= 0.6 is 0 Å². The van der Waals surface area contributed by atoms with Gasteiger partial charge in [0.15, 0.2) is 0 Å². The van der Waals surface area contributed by atoms with Gasteiger partial charge in [0.05, 0.1) is 6.61 Å². The fourth-order valence-electron chi connectivity index (χ4n) is 2.52. The Labute approximate surface area is 138 Å². The zero-order valence-corrected chi connectivity index (χ0v) is 14.5. The number of aryl methyl sites for hydroxylation is 2. The monoisotopic (exact) mass is 331 g/mol. The number of nitrogens with zero attached hydrogens (tertiary/aromatic N) is 1. The van der Waals surface area contributed by atoms with E-state index in [1.165, 1.54) is 12.8 Å². The number of hydrogen-bond acceptors (Lipinski definition) is 3. The Morgan fingerprint density at radius 2 is 2.00 bits per heavy atom. The van der Waals surface area contributed by atoms with Gasteiger partial charge in [0.25, 0.3) is 5.56 Å². The highest BCUT2D eigenvalue weighted by Crippen LogP contribution is 2.36. The lowest BCUT2D eigenvalue weighted by molar-refractivity contribution is 0.301. The van der Waals surface area contributed by atoms with Gasteiger partial charge in [-0.1, -0.05) is 0 Å². The van der Waals surface area contributed by atoms with Crippen LogP contribution in [-0.4, -0.2) is 21.6 Å². The van der Waals surface area contributed by atoms with E-state index in [-0.39, 0.29) is 5.56 Å². The number of pyridine rings is 1. The minimum Gasteiger partial charge on any atom is -0.493 e. The van der Waals surface area contributed by atoms with Crippen LogP contribution in [0.4, 0.5) is 0 Å². The molecule has 1 saturated carbocycles. The highest BCUT2D eigenvalue weighted by Gasteiger charge is 2.23. The maximum Gasteiger partial charge on any atom is 0.250 e. The molecular formula is C18H21NO3S. The van der Waals surface area contributed by atoms with E-state index in [9.17, 15) is 9.00 Å². The third-order valence-corrected chi connectivity index (χ3v) is 5.10. The highest BCUT2D eigenvalue weighted by atomic mass is 32.2.